The first-order valence-electron chi connectivity index (χ1n) is 4.62. The van der Waals surface area contributed by atoms with Crippen molar-refractivity contribution in [2.45, 2.75) is 12.5 Å². The average molecular weight is 226 g/mol. The lowest BCUT2D eigenvalue weighted by Crippen LogP contribution is -2.51. The monoisotopic (exact) mass is 226 g/mol. The van der Waals surface area contributed by atoms with Crippen LogP contribution in [0.2, 0.25) is 0 Å². The topological polar surface area (TPSA) is 121 Å². The van der Waals surface area contributed by atoms with E-state index in [9.17, 15) is 4.79 Å². The molecule has 5 N–H and O–H groups in total. The Kier molecular flexibility index (Phi) is 3.75. The molecule has 0 aliphatic carbocycles. The highest BCUT2D eigenvalue weighted by atomic mass is 16.3. The van der Waals surface area contributed by atoms with Crippen LogP contribution < -0.4 is 11.1 Å². The van der Waals surface area contributed by atoms with Gasteiger partial charge < -0.3 is 21.3 Å². The number of hydrogen-bond donors (Lipinski definition) is 4. The number of rotatable bonds is 4. The summed E-state index contributed by atoms with van der Waals surface area (Å²) in [4.78, 5) is 19.0. The molecule has 0 fully saturated rings. The Labute approximate surface area is 92.3 Å². The van der Waals surface area contributed by atoms with Gasteiger partial charge in [-0.15, -0.1) is 0 Å². The maximum atomic E-state index is 11.7. The van der Waals surface area contributed by atoms with Crippen LogP contribution in [0.4, 0.5) is 5.82 Å². The van der Waals surface area contributed by atoms with Crippen molar-refractivity contribution in [2.75, 3.05) is 18.9 Å². The number of aliphatic hydroxyl groups is 2. The average Bonchev–Trinajstić information content (AvgIpc) is 2.29. The van der Waals surface area contributed by atoms with Gasteiger partial charge in [0.1, 0.15) is 12.1 Å². The van der Waals surface area contributed by atoms with E-state index in [0.29, 0.717) is 0 Å². The van der Waals surface area contributed by atoms with Crippen LogP contribution in [0.25, 0.3) is 0 Å². The first kappa shape index (κ1) is 12.3. The van der Waals surface area contributed by atoms with Gasteiger partial charge in [0.05, 0.1) is 24.3 Å². The fourth-order valence-corrected chi connectivity index (χ4v) is 0.985. The van der Waals surface area contributed by atoms with Crippen molar-refractivity contribution in [3.05, 3.63) is 18.1 Å². The van der Waals surface area contributed by atoms with Gasteiger partial charge in [-0.2, -0.15) is 0 Å². The smallest absolute Gasteiger partial charge is 0.257 e. The molecule has 0 aliphatic heterocycles. The standard InChI is InChI=1S/C9H14N4O3/c1-9(3-14,4-15)13-8(16)6-2-11-5-12-7(6)10/h2,5,14-15H,3-4H2,1H3,(H,13,16)(H2,10,11,12). The predicted octanol–water partition coefficient (Wildman–Crippen LogP) is -1.47. The molecule has 1 aromatic heterocycles. The minimum Gasteiger partial charge on any atom is -0.394 e. The van der Waals surface area contributed by atoms with Gasteiger partial charge in [-0.05, 0) is 6.92 Å². The fourth-order valence-electron chi connectivity index (χ4n) is 0.985. The highest BCUT2D eigenvalue weighted by Crippen LogP contribution is 2.08. The molecule has 0 spiro atoms. The van der Waals surface area contributed by atoms with Gasteiger partial charge in [-0.1, -0.05) is 0 Å². The van der Waals surface area contributed by atoms with Crippen LogP contribution in [0.15, 0.2) is 12.5 Å². The number of nitrogen functional groups attached to an aromatic ring is 1. The molecule has 0 bridgehead atoms. The molecule has 0 atom stereocenters. The maximum Gasteiger partial charge on any atom is 0.257 e. The molecule has 1 heterocycles. The van der Waals surface area contributed by atoms with E-state index in [4.69, 9.17) is 15.9 Å². The number of nitrogens with two attached hydrogens (primary N) is 1. The second kappa shape index (κ2) is 4.86. The van der Waals surface area contributed by atoms with Crippen LogP contribution in [0.3, 0.4) is 0 Å². The van der Waals surface area contributed by atoms with Gasteiger partial charge in [0, 0.05) is 6.20 Å². The summed E-state index contributed by atoms with van der Waals surface area (Å²) in [5, 5.41) is 20.5. The lowest BCUT2D eigenvalue weighted by atomic mass is 10.1. The summed E-state index contributed by atoms with van der Waals surface area (Å²) in [6, 6.07) is 0. The Morgan fingerprint density at radius 2 is 2.19 bits per heavy atom. The number of anilines is 1. The van der Waals surface area contributed by atoms with Crippen LogP contribution in [-0.4, -0.2) is 44.8 Å². The third kappa shape index (κ3) is 2.65. The largest absolute Gasteiger partial charge is 0.394 e. The number of carbonyl (C=O) groups is 1. The summed E-state index contributed by atoms with van der Waals surface area (Å²) in [6.07, 6.45) is 2.50. The lowest BCUT2D eigenvalue weighted by molar-refractivity contribution is 0.0724. The normalized spacial score (nSPS) is 11.2. The zero-order valence-corrected chi connectivity index (χ0v) is 8.84. The van der Waals surface area contributed by atoms with Crippen molar-refractivity contribution in [3.63, 3.8) is 0 Å². The Balaban J connectivity index is 2.84. The van der Waals surface area contributed by atoms with Gasteiger partial charge in [0.2, 0.25) is 0 Å². The molecule has 1 amide bonds. The number of nitrogens with zero attached hydrogens (tertiary/aromatic N) is 2. The molecule has 0 radical (unpaired) electrons. The first-order chi connectivity index (χ1) is 7.52. The van der Waals surface area contributed by atoms with E-state index >= 15 is 0 Å². The molecule has 0 aromatic carbocycles. The number of aromatic nitrogens is 2. The zero-order chi connectivity index (χ0) is 12.2. The minimum atomic E-state index is -1.10. The van der Waals surface area contributed by atoms with Crippen molar-refractivity contribution in [3.8, 4) is 0 Å². The summed E-state index contributed by atoms with van der Waals surface area (Å²) in [5.41, 5.74) is 4.50. The highest BCUT2D eigenvalue weighted by molar-refractivity contribution is 5.98. The van der Waals surface area contributed by atoms with Crippen LogP contribution in [0.1, 0.15) is 17.3 Å². The van der Waals surface area contributed by atoms with Gasteiger partial charge in [0.15, 0.2) is 0 Å². The Bertz CT molecular complexity index is 379. The number of carbonyl (C=O) groups excluding carboxylic acids is 1. The number of aliphatic hydroxyl groups excluding tert-OH is 2. The van der Waals surface area contributed by atoms with E-state index < -0.39 is 11.4 Å². The molecular weight excluding hydrogens is 212 g/mol. The molecule has 7 nitrogen and oxygen atoms in total. The SMILES string of the molecule is CC(CO)(CO)NC(=O)c1cncnc1N. The number of hydrogen-bond acceptors (Lipinski definition) is 6. The van der Waals surface area contributed by atoms with E-state index in [2.05, 4.69) is 15.3 Å². The number of nitrogens with one attached hydrogen (secondary N) is 1. The highest BCUT2D eigenvalue weighted by Gasteiger charge is 2.26. The van der Waals surface area contributed by atoms with E-state index in [-0.39, 0.29) is 24.6 Å². The van der Waals surface area contributed by atoms with E-state index in [1.165, 1.54) is 19.4 Å². The third-order valence-electron chi connectivity index (χ3n) is 2.10. The van der Waals surface area contributed by atoms with Crippen molar-refractivity contribution in [1.82, 2.24) is 15.3 Å². The Morgan fingerprint density at radius 3 is 2.69 bits per heavy atom. The van der Waals surface area contributed by atoms with Crippen LogP contribution in [0.5, 0.6) is 0 Å². The zero-order valence-electron chi connectivity index (χ0n) is 8.84. The van der Waals surface area contributed by atoms with E-state index in [1.807, 2.05) is 0 Å². The van der Waals surface area contributed by atoms with Crippen LogP contribution in [-0.2, 0) is 0 Å². The molecule has 88 valence electrons. The molecule has 0 saturated heterocycles. The fraction of sp³-hybridized carbons (Fsp3) is 0.444. The van der Waals surface area contributed by atoms with Gasteiger partial charge in [-0.25, -0.2) is 9.97 Å². The second-order valence-electron chi connectivity index (χ2n) is 3.65. The van der Waals surface area contributed by atoms with Crippen molar-refractivity contribution >= 4 is 11.7 Å². The van der Waals surface area contributed by atoms with Crippen molar-refractivity contribution in [2.24, 2.45) is 0 Å². The molecule has 1 aromatic rings. The summed E-state index contributed by atoms with van der Waals surface area (Å²) in [7, 11) is 0. The van der Waals surface area contributed by atoms with Gasteiger partial charge in [-0.3, -0.25) is 4.79 Å². The van der Waals surface area contributed by atoms with Crippen LogP contribution >= 0.6 is 0 Å². The summed E-state index contributed by atoms with van der Waals surface area (Å²) in [5.74, 6) is -0.491. The molecule has 16 heavy (non-hydrogen) atoms. The Hall–Kier alpha value is -1.73. The quantitative estimate of drug-likeness (QED) is 0.497. The molecule has 0 saturated carbocycles. The molecule has 0 unspecified atom stereocenters. The lowest BCUT2D eigenvalue weighted by Gasteiger charge is -2.26. The molecule has 1 rings (SSSR count). The molecule has 7 heteroatoms. The van der Waals surface area contributed by atoms with Crippen molar-refractivity contribution < 1.29 is 15.0 Å². The van der Waals surface area contributed by atoms with Crippen LogP contribution in [0, 0.1) is 0 Å². The third-order valence-corrected chi connectivity index (χ3v) is 2.10. The second-order valence-corrected chi connectivity index (χ2v) is 3.65. The number of amides is 1. The summed E-state index contributed by atoms with van der Waals surface area (Å²) < 4.78 is 0. The predicted molar refractivity (Wildman–Crippen MR) is 56.5 cm³/mol. The van der Waals surface area contributed by atoms with E-state index in [0.717, 1.165) is 0 Å². The van der Waals surface area contributed by atoms with Gasteiger partial charge >= 0.3 is 0 Å². The summed E-state index contributed by atoms with van der Waals surface area (Å²) in [6.45, 7) is 0.733. The first-order valence-corrected chi connectivity index (χ1v) is 4.62. The molecular formula is C9H14N4O3. The van der Waals surface area contributed by atoms with Crippen molar-refractivity contribution in [1.29, 1.82) is 0 Å². The van der Waals surface area contributed by atoms with E-state index in [1.54, 1.807) is 0 Å². The van der Waals surface area contributed by atoms with Gasteiger partial charge in [0.25, 0.3) is 5.91 Å². The molecule has 0 aliphatic rings. The summed E-state index contributed by atoms with van der Waals surface area (Å²) >= 11 is 0. The minimum absolute atomic E-state index is 0.0470. The Morgan fingerprint density at radius 1 is 1.56 bits per heavy atom. The maximum absolute atomic E-state index is 11.7.